The molecular formula is C20H24Cl2O6. The zero-order chi connectivity index (χ0) is 22.1. The topological polar surface area (TPSA) is 115 Å². The van der Waals surface area contributed by atoms with E-state index >= 15 is 0 Å². The highest BCUT2D eigenvalue weighted by Crippen LogP contribution is 2.19. The van der Waals surface area contributed by atoms with Crippen molar-refractivity contribution in [3.05, 3.63) is 69.7 Å². The second kappa shape index (κ2) is 11.0. The summed E-state index contributed by atoms with van der Waals surface area (Å²) in [5.41, 5.74) is -1.58. The Bertz CT molecular complexity index is 724. The molecule has 4 N–H and O–H groups in total. The summed E-state index contributed by atoms with van der Waals surface area (Å²) < 4.78 is 0. The van der Waals surface area contributed by atoms with E-state index in [0.29, 0.717) is 10.0 Å². The van der Waals surface area contributed by atoms with Crippen LogP contribution in [0.3, 0.4) is 0 Å². The molecule has 0 aromatic heterocycles. The normalized spacial score (nSPS) is 10.7. The van der Waals surface area contributed by atoms with Gasteiger partial charge in [-0.2, -0.15) is 0 Å². The van der Waals surface area contributed by atoms with Gasteiger partial charge in [-0.3, -0.25) is 0 Å². The van der Waals surface area contributed by atoms with E-state index < -0.39 is 23.1 Å². The van der Waals surface area contributed by atoms with Gasteiger partial charge in [-0.05, 0) is 64.1 Å². The lowest BCUT2D eigenvalue weighted by molar-refractivity contribution is -0.107. The average Bonchev–Trinajstić information content (AvgIpc) is 2.54. The Kier molecular flexibility index (Phi) is 10.2. The fraction of sp³-hybridized carbons (Fsp3) is 0.300. The lowest BCUT2D eigenvalue weighted by Gasteiger charge is -2.31. The lowest BCUT2D eigenvalue weighted by atomic mass is 9.90. The van der Waals surface area contributed by atoms with E-state index in [-0.39, 0.29) is 11.1 Å². The molecule has 0 saturated carbocycles. The van der Waals surface area contributed by atoms with E-state index in [1.165, 1.54) is 24.3 Å². The summed E-state index contributed by atoms with van der Waals surface area (Å²) >= 11 is 11.1. The summed E-state index contributed by atoms with van der Waals surface area (Å²) in [7, 11) is 0. The van der Waals surface area contributed by atoms with Crippen molar-refractivity contribution in [2.24, 2.45) is 0 Å². The number of hydrogen-bond acceptors (Lipinski definition) is 4. The fourth-order valence-corrected chi connectivity index (χ4v) is 1.62. The second-order valence-corrected chi connectivity index (χ2v) is 7.62. The number of carboxylic acid groups (broad SMARTS) is 2. The van der Waals surface area contributed by atoms with Gasteiger partial charge in [-0.25, -0.2) is 9.59 Å². The molecule has 28 heavy (non-hydrogen) atoms. The van der Waals surface area contributed by atoms with Gasteiger partial charge in [0.2, 0.25) is 0 Å². The number of rotatable bonds is 3. The number of benzene rings is 2. The standard InChI is InChI=1S/2C7H5ClO2.C6H14O2/c2*8-6-3-1-2-5(4-6)7(9)10;1-5(2,7)6(3,4)8/h2*1-4H,(H,9,10);7-8H,1-4H3. The summed E-state index contributed by atoms with van der Waals surface area (Å²) in [5, 5.41) is 36.0. The number of carbonyl (C=O) groups is 2. The molecule has 0 atom stereocenters. The van der Waals surface area contributed by atoms with Gasteiger partial charge < -0.3 is 20.4 Å². The summed E-state index contributed by atoms with van der Waals surface area (Å²) in [4.78, 5) is 20.6. The summed E-state index contributed by atoms with van der Waals surface area (Å²) in [5.74, 6) is -1.91. The van der Waals surface area contributed by atoms with Crippen LogP contribution < -0.4 is 0 Å². The quantitative estimate of drug-likeness (QED) is 0.565. The maximum absolute atomic E-state index is 10.3. The maximum atomic E-state index is 10.3. The minimum Gasteiger partial charge on any atom is -0.478 e. The molecule has 0 amide bonds. The molecule has 0 heterocycles. The zero-order valence-electron chi connectivity index (χ0n) is 16.0. The Morgan fingerprint density at radius 3 is 1.14 bits per heavy atom. The Balaban J connectivity index is 0.000000394. The first kappa shape index (κ1) is 25.9. The van der Waals surface area contributed by atoms with Crippen LogP contribution >= 0.6 is 23.2 Å². The van der Waals surface area contributed by atoms with Gasteiger partial charge in [0, 0.05) is 10.0 Å². The van der Waals surface area contributed by atoms with Crippen LogP contribution in [0.1, 0.15) is 48.4 Å². The number of halogens is 2. The van der Waals surface area contributed by atoms with Gasteiger partial charge in [0.25, 0.3) is 0 Å². The van der Waals surface area contributed by atoms with Crippen LogP contribution in [-0.4, -0.2) is 43.6 Å². The Morgan fingerprint density at radius 1 is 0.714 bits per heavy atom. The molecule has 0 unspecified atom stereocenters. The van der Waals surface area contributed by atoms with Crippen molar-refractivity contribution in [2.75, 3.05) is 0 Å². The van der Waals surface area contributed by atoms with Crippen molar-refractivity contribution in [3.8, 4) is 0 Å². The minimum atomic E-state index is -1.01. The van der Waals surface area contributed by atoms with Gasteiger partial charge >= 0.3 is 11.9 Å². The fourth-order valence-electron chi connectivity index (χ4n) is 1.24. The molecule has 154 valence electrons. The van der Waals surface area contributed by atoms with Crippen molar-refractivity contribution in [2.45, 2.75) is 38.9 Å². The highest BCUT2D eigenvalue weighted by atomic mass is 35.5. The predicted octanol–water partition coefficient (Wildman–Crippen LogP) is 4.60. The van der Waals surface area contributed by atoms with Gasteiger partial charge in [0.05, 0.1) is 22.3 Å². The van der Waals surface area contributed by atoms with Crippen LogP contribution in [0.25, 0.3) is 0 Å². The van der Waals surface area contributed by atoms with Crippen LogP contribution in [0.5, 0.6) is 0 Å². The summed E-state index contributed by atoms with van der Waals surface area (Å²) in [6, 6.07) is 12.3. The lowest BCUT2D eigenvalue weighted by Crippen LogP contribution is -2.44. The van der Waals surface area contributed by atoms with Crippen molar-refractivity contribution >= 4 is 35.1 Å². The molecule has 0 saturated heterocycles. The second-order valence-electron chi connectivity index (χ2n) is 6.75. The Hall–Kier alpha value is -2.12. The molecule has 0 fully saturated rings. The van der Waals surface area contributed by atoms with Crippen LogP contribution in [0.4, 0.5) is 0 Å². The first-order valence-electron chi connectivity index (χ1n) is 8.07. The molecule has 2 aromatic rings. The van der Waals surface area contributed by atoms with E-state index in [2.05, 4.69) is 0 Å². The van der Waals surface area contributed by atoms with Crippen LogP contribution in [0.15, 0.2) is 48.5 Å². The molecular weight excluding hydrogens is 407 g/mol. The molecule has 8 heteroatoms. The SMILES string of the molecule is CC(C)(O)C(C)(C)O.O=C(O)c1cccc(Cl)c1.O=C(O)c1cccc(Cl)c1. The van der Waals surface area contributed by atoms with E-state index in [1.54, 1.807) is 52.0 Å². The number of aromatic carboxylic acids is 2. The van der Waals surface area contributed by atoms with Gasteiger partial charge in [-0.15, -0.1) is 0 Å². The minimum absolute atomic E-state index is 0.215. The van der Waals surface area contributed by atoms with E-state index in [0.717, 1.165) is 0 Å². The molecule has 0 aliphatic carbocycles. The third-order valence-electron chi connectivity index (χ3n) is 3.64. The van der Waals surface area contributed by atoms with Crippen molar-refractivity contribution in [1.82, 2.24) is 0 Å². The molecule has 0 aliphatic rings. The molecule has 6 nitrogen and oxygen atoms in total. The third-order valence-corrected chi connectivity index (χ3v) is 4.11. The average molecular weight is 431 g/mol. The molecule has 2 rings (SSSR count). The maximum Gasteiger partial charge on any atom is 0.335 e. The summed E-state index contributed by atoms with van der Waals surface area (Å²) in [6.07, 6.45) is 0. The largest absolute Gasteiger partial charge is 0.478 e. The zero-order valence-corrected chi connectivity index (χ0v) is 17.5. The third kappa shape index (κ3) is 10.3. The number of carboxylic acids is 2. The first-order valence-corrected chi connectivity index (χ1v) is 8.83. The van der Waals surface area contributed by atoms with Crippen molar-refractivity contribution in [3.63, 3.8) is 0 Å². The molecule has 0 bridgehead atoms. The van der Waals surface area contributed by atoms with E-state index in [1.807, 2.05) is 0 Å². The van der Waals surface area contributed by atoms with Crippen molar-refractivity contribution in [1.29, 1.82) is 0 Å². The van der Waals surface area contributed by atoms with Crippen LogP contribution in [-0.2, 0) is 0 Å². The monoisotopic (exact) mass is 430 g/mol. The van der Waals surface area contributed by atoms with Crippen molar-refractivity contribution < 1.29 is 30.0 Å². The predicted molar refractivity (Wildman–Crippen MR) is 109 cm³/mol. The van der Waals surface area contributed by atoms with Gasteiger partial charge in [0.1, 0.15) is 0 Å². The van der Waals surface area contributed by atoms with Crippen LogP contribution in [0, 0.1) is 0 Å². The Morgan fingerprint density at radius 2 is 1.00 bits per heavy atom. The number of hydrogen-bond donors (Lipinski definition) is 4. The molecule has 0 spiro atoms. The van der Waals surface area contributed by atoms with Gasteiger partial charge in [0.15, 0.2) is 0 Å². The first-order chi connectivity index (χ1) is 12.6. The highest BCUT2D eigenvalue weighted by molar-refractivity contribution is 6.31. The highest BCUT2D eigenvalue weighted by Gasteiger charge is 2.31. The Labute approximate surface area is 174 Å². The van der Waals surface area contributed by atoms with E-state index in [4.69, 9.17) is 43.6 Å². The number of aliphatic hydroxyl groups is 2. The summed E-state index contributed by atoms with van der Waals surface area (Å²) in [6.45, 7) is 6.31. The van der Waals surface area contributed by atoms with E-state index in [9.17, 15) is 9.59 Å². The molecule has 0 aliphatic heterocycles. The smallest absolute Gasteiger partial charge is 0.335 e. The van der Waals surface area contributed by atoms with Gasteiger partial charge in [-0.1, -0.05) is 35.3 Å². The molecule has 0 radical (unpaired) electrons. The molecule has 2 aromatic carbocycles. The van der Waals surface area contributed by atoms with Crippen LogP contribution in [0.2, 0.25) is 10.0 Å².